The summed E-state index contributed by atoms with van der Waals surface area (Å²) in [5.41, 5.74) is 1.09. The molecule has 16 heavy (non-hydrogen) atoms. The Morgan fingerprint density at radius 2 is 2.00 bits per heavy atom. The van der Waals surface area contributed by atoms with Crippen molar-refractivity contribution < 1.29 is 9.90 Å². The first kappa shape index (κ1) is 13.2. The Bertz CT molecular complexity index is 351. The van der Waals surface area contributed by atoms with Gasteiger partial charge in [0.2, 0.25) is 0 Å². The van der Waals surface area contributed by atoms with Gasteiger partial charge in [-0.1, -0.05) is 35.0 Å². The Morgan fingerprint density at radius 1 is 1.44 bits per heavy atom. The molecular formula is C12H16BrNO2. The summed E-state index contributed by atoms with van der Waals surface area (Å²) >= 11 is 3.37. The normalized spacial score (nSPS) is 14.4. The minimum absolute atomic E-state index is 0.0362. The molecule has 0 fully saturated rings. The van der Waals surface area contributed by atoms with Crippen LogP contribution in [0.5, 0.6) is 0 Å². The van der Waals surface area contributed by atoms with Crippen LogP contribution in [-0.2, 0) is 4.79 Å². The first-order valence-corrected chi connectivity index (χ1v) is 6.08. The van der Waals surface area contributed by atoms with Crippen LogP contribution in [0, 0.1) is 0 Å². The van der Waals surface area contributed by atoms with E-state index in [2.05, 4.69) is 21.2 Å². The van der Waals surface area contributed by atoms with E-state index in [0.717, 1.165) is 10.0 Å². The molecule has 2 N–H and O–H groups in total. The maximum atomic E-state index is 10.9. The van der Waals surface area contributed by atoms with E-state index in [-0.39, 0.29) is 6.04 Å². The van der Waals surface area contributed by atoms with Gasteiger partial charge in [0.15, 0.2) is 0 Å². The topological polar surface area (TPSA) is 49.3 Å². The molecule has 0 saturated carbocycles. The van der Waals surface area contributed by atoms with Gasteiger partial charge in [0.25, 0.3) is 0 Å². The maximum absolute atomic E-state index is 10.9. The van der Waals surface area contributed by atoms with Crippen LogP contribution in [0.3, 0.4) is 0 Å². The van der Waals surface area contributed by atoms with Crippen molar-refractivity contribution in [2.75, 3.05) is 0 Å². The number of hydrogen-bond donors (Lipinski definition) is 2. The van der Waals surface area contributed by atoms with Crippen LogP contribution >= 0.6 is 15.9 Å². The van der Waals surface area contributed by atoms with E-state index in [4.69, 9.17) is 5.11 Å². The van der Waals surface area contributed by atoms with Gasteiger partial charge in [-0.15, -0.1) is 0 Å². The average molecular weight is 286 g/mol. The van der Waals surface area contributed by atoms with Gasteiger partial charge in [-0.05, 0) is 31.0 Å². The predicted molar refractivity (Wildman–Crippen MR) is 67.4 cm³/mol. The summed E-state index contributed by atoms with van der Waals surface area (Å²) in [5.74, 6) is -0.800. The third-order valence-corrected chi connectivity index (χ3v) is 3.06. The molecule has 2 atom stereocenters. The minimum Gasteiger partial charge on any atom is -0.480 e. The highest BCUT2D eigenvalue weighted by Gasteiger charge is 2.17. The Kier molecular flexibility index (Phi) is 4.96. The van der Waals surface area contributed by atoms with Gasteiger partial charge in [0.1, 0.15) is 6.04 Å². The molecule has 0 aliphatic rings. The fourth-order valence-electron chi connectivity index (χ4n) is 1.51. The van der Waals surface area contributed by atoms with Crippen molar-refractivity contribution in [3.8, 4) is 0 Å². The molecule has 0 saturated heterocycles. The van der Waals surface area contributed by atoms with Crippen LogP contribution in [0.4, 0.5) is 0 Å². The van der Waals surface area contributed by atoms with E-state index in [0.29, 0.717) is 6.42 Å². The minimum atomic E-state index is -0.800. The highest BCUT2D eigenvalue weighted by molar-refractivity contribution is 9.10. The smallest absolute Gasteiger partial charge is 0.320 e. The second-order valence-corrected chi connectivity index (χ2v) is 4.65. The molecule has 88 valence electrons. The fraction of sp³-hybridized carbons (Fsp3) is 0.417. The summed E-state index contributed by atoms with van der Waals surface area (Å²) in [6.07, 6.45) is 0.580. The van der Waals surface area contributed by atoms with E-state index < -0.39 is 12.0 Å². The lowest BCUT2D eigenvalue weighted by atomic mass is 10.1. The third kappa shape index (κ3) is 3.61. The van der Waals surface area contributed by atoms with Crippen LogP contribution in [0.15, 0.2) is 28.7 Å². The molecule has 0 aromatic heterocycles. The number of carbonyl (C=O) groups is 1. The maximum Gasteiger partial charge on any atom is 0.320 e. The average Bonchev–Trinajstić information content (AvgIpc) is 2.26. The molecular weight excluding hydrogens is 270 g/mol. The summed E-state index contributed by atoms with van der Waals surface area (Å²) in [6, 6.07) is 7.42. The van der Waals surface area contributed by atoms with E-state index in [1.54, 1.807) is 0 Å². The van der Waals surface area contributed by atoms with Crippen LogP contribution < -0.4 is 5.32 Å². The van der Waals surface area contributed by atoms with E-state index in [1.165, 1.54) is 0 Å². The molecule has 1 aromatic rings. The second kappa shape index (κ2) is 6.01. The van der Waals surface area contributed by atoms with Crippen LogP contribution in [0.25, 0.3) is 0 Å². The highest BCUT2D eigenvalue weighted by atomic mass is 79.9. The third-order valence-electron chi connectivity index (χ3n) is 2.53. The Balaban J connectivity index is 2.67. The predicted octanol–water partition coefficient (Wildman–Crippen LogP) is 2.96. The number of carboxylic acid groups (broad SMARTS) is 1. The Labute approximate surface area is 104 Å². The van der Waals surface area contributed by atoms with E-state index in [1.807, 2.05) is 38.1 Å². The largest absolute Gasteiger partial charge is 0.480 e. The zero-order valence-corrected chi connectivity index (χ0v) is 11.0. The fourth-order valence-corrected chi connectivity index (χ4v) is 1.78. The van der Waals surface area contributed by atoms with Gasteiger partial charge >= 0.3 is 5.97 Å². The van der Waals surface area contributed by atoms with Crippen molar-refractivity contribution in [1.82, 2.24) is 5.32 Å². The van der Waals surface area contributed by atoms with Crippen LogP contribution in [-0.4, -0.2) is 17.1 Å². The number of carboxylic acids is 1. The van der Waals surface area contributed by atoms with E-state index >= 15 is 0 Å². The van der Waals surface area contributed by atoms with Crippen molar-refractivity contribution in [3.63, 3.8) is 0 Å². The molecule has 0 bridgehead atoms. The zero-order chi connectivity index (χ0) is 12.1. The lowest BCUT2D eigenvalue weighted by molar-refractivity contribution is -0.139. The lowest BCUT2D eigenvalue weighted by Gasteiger charge is -2.19. The number of halogens is 1. The second-order valence-electron chi connectivity index (χ2n) is 3.74. The molecule has 0 aliphatic carbocycles. The van der Waals surface area contributed by atoms with Gasteiger partial charge in [-0.3, -0.25) is 10.1 Å². The van der Waals surface area contributed by atoms with Crippen molar-refractivity contribution in [2.24, 2.45) is 0 Å². The van der Waals surface area contributed by atoms with Crippen molar-refractivity contribution in [3.05, 3.63) is 34.3 Å². The van der Waals surface area contributed by atoms with Gasteiger partial charge in [-0.25, -0.2) is 0 Å². The first-order chi connectivity index (χ1) is 7.54. The molecule has 0 radical (unpaired) electrons. The Hall–Kier alpha value is -0.870. The molecule has 3 nitrogen and oxygen atoms in total. The molecule has 4 heteroatoms. The number of benzene rings is 1. The molecule has 1 unspecified atom stereocenters. The number of hydrogen-bond acceptors (Lipinski definition) is 2. The molecule has 1 rings (SSSR count). The summed E-state index contributed by atoms with van der Waals surface area (Å²) in [7, 11) is 0. The van der Waals surface area contributed by atoms with Gasteiger partial charge < -0.3 is 5.11 Å². The van der Waals surface area contributed by atoms with Crippen LogP contribution in [0.2, 0.25) is 0 Å². The highest BCUT2D eigenvalue weighted by Crippen LogP contribution is 2.17. The summed E-state index contributed by atoms with van der Waals surface area (Å²) < 4.78 is 1.02. The van der Waals surface area contributed by atoms with Gasteiger partial charge in [0, 0.05) is 10.5 Å². The summed E-state index contributed by atoms with van der Waals surface area (Å²) in [4.78, 5) is 10.9. The first-order valence-electron chi connectivity index (χ1n) is 5.29. The molecule has 0 aliphatic heterocycles. The van der Waals surface area contributed by atoms with Crippen molar-refractivity contribution in [1.29, 1.82) is 0 Å². The number of aliphatic carboxylic acids is 1. The number of rotatable bonds is 5. The lowest BCUT2D eigenvalue weighted by Crippen LogP contribution is -2.37. The van der Waals surface area contributed by atoms with Crippen LogP contribution in [0.1, 0.15) is 31.9 Å². The Morgan fingerprint density at radius 3 is 2.44 bits per heavy atom. The molecule has 0 heterocycles. The van der Waals surface area contributed by atoms with Gasteiger partial charge in [0.05, 0.1) is 0 Å². The van der Waals surface area contributed by atoms with E-state index in [9.17, 15) is 4.79 Å². The SMILES string of the molecule is CCC(N[C@@H](C)c1ccc(Br)cc1)C(=O)O. The monoisotopic (exact) mass is 285 g/mol. The summed E-state index contributed by atoms with van der Waals surface area (Å²) in [5, 5.41) is 12.0. The molecule has 0 spiro atoms. The van der Waals surface area contributed by atoms with Crippen molar-refractivity contribution >= 4 is 21.9 Å². The van der Waals surface area contributed by atoms with Gasteiger partial charge in [-0.2, -0.15) is 0 Å². The zero-order valence-electron chi connectivity index (χ0n) is 9.40. The number of nitrogens with one attached hydrogen (secondary N) is 1. The van der Waals surface area contributed by atoms with Crippen molar-refractivity contribution in [2.45, 2.75) is 32.4 Å². The molecule has 0 amide bonds. The molecule has 1 aromatic carbocycles. The summed E-state index contributed by atoms with van der Waals surface area (Å²) in [6.45, 7) is 3.83. The quantitative estimate of drug-likeness (QED) is 0.875. The standard InChI is InChI=1S/C12H16BrNO2/c1-3-11(12(15)16)14-8(2)9-4-6-10(13)7-5-9/h4-8,11,14H,3H2,1-2H3,(H,15,16)/t8-,11?/m0/s1.